The minimum atomic E-state index is -1.10. The van der Waals surface area contributed by atoms with Gasteiger partial charge in [0.1, 0.15) is 11.1 Å². The molecule has 0 aliphatic carbocycles. The molecule has 1 unspecified atom stereocenters. The lowest BCUT2D eigenvalue weighted by Crippen LogP contribution is -2.47. The molecule has 1 heterocycles. The fourth-order valence-electron chi connectivity index (χ4n) is 3.56. The molecule has 0 aromatic heterocycles. The molecule has 1 amide bonds. The standard InChI is InChI=1S/C20H35N7O7S/c1-35-17(24-21)12-22-4-5-23-16(28)3-2-15(20(33)34)27-10-8-25(13-18(29)30)6-7-26(9-11-27)14-19(31)32/h12,15,21-22H,2-11,13-14H2,1H3,(H,23,28)(H,29,30)(H,31,32)(H,33,34)/b17-12+,24-21?. The Morgan fingerprint density at radius 3 is 1.97 bits per heavy atom. The Labute approximate surface area is 208 Å². The largest absolute Gasteiger partial charge is 0.480 e. The van der Waals surface area contributed by atoms with Gasteiger partial charge in [-0.05, 0) is 12.7 Å². The van der Waals surface area contributed by atoms with Gasteiger partial charge in [0.2, 0.25) is 5.91 Å². The highest BCUT2D eigenvalue weighted by molar-refractivity contribution is 8.02. The molecule has 1 aliphatic rings. The molecule has 0 saturated carbocycles. The van der Waals surface area contributed by atoms with Crippen LogP contribution < -0.4 is 10.6 Å². The number of nitrogens with zero attached hydrogens (tertiary/aromatic N) is 4. The molecule has 1 fully saturated rings. The van der Waals surface area contributed by atoms with E-state index in [2.05, 4.69) is 15.7 Å². The van der Waals surface area contributed by atoms with E-state index in [0.29, 0.717) is 44.3 Å². The van der Waals surface area contributed by atoms with Gasteiger partial charge in [0, 0.05) is 65.0 Å². The van der Waals surface area contributed by atoms with Gasteiger partial charge in [0.25, 0.3) is 0 Å². The highest BCUT2D eigenvalue weighted by Gasteiger charge is 2.28. The molecule has 35 heavy (non-hydrogen) atoms. The van der Waals surface area contributed by atoms with Crippen LogP contribution in [0, 0.1) is 5.53 Å². The van der Waals surface area contributed by atoms with Crippen molar-refractivity contribution in [3.05, 3.63) is 11.2 Å². The summed E-state index contributed by atoms with van der Waals surface area (Å²) < 4.78 is 0. The number of hydrogen-bond donors (Lipinski definition) is 6. The number of hydrogen-bond acceptors (Lipinski definition) is 11. The molecule has 6 N–H and O–H groups in total. The van der Waals surface area contributed by atoms with Crippen LogP contribution in [0.25, 0.3) is 0 Å². The van der Waals surface area contributed by atoms with Gasteiger partial charge in [-0.3, -0.25) is 33.9 Å². The third-order valence-electron chi connectivity index (χ3n) is 5.36. The maximum absolute atomic E-state index is 12.2. The Bertz CT molecular complexity index is 740. The summed E-state index contributed by atoms with van der Waals surface area (Å²) in [5.74, 6) is -3.43. The molecule has 0 aromatic carbocycles. The molecule has 1 atom stereocenters. The Hall–Kier alpha value is -2.75. The monoisotopic (exact) mass is 517 g/mol. The number of aliphatic carboxylic acids is 3. The quantitative estimate of drug-likeness (QED) is 0.117. The number of thioether (sulfide) groups is 1. The molecule has 0 spiro atoms. The molecule has 15 heteroatoms. The molecule has 1 rings (SSSR count). The van der Waals surface area contributed by atoms with Crippen LogP contribution in [0.15, 0.2) is 16.3 Å². The van der Waals surface area contributed by atoms with E-state index < -0.39 is 23.9 Å². The van der Waals surface area contributed by atoms with E-state index in [9.17, 15) is 24.3 Å². The van der Waals surface area contributed by atoms with Crippen LogP contribution in [0.3, 0.4) is 0 Å². The molecular weight excluding hydrogens is 482 g/mol. The topological polar surface area (TPSA) is 199 Å². The summed E-state index contributed by atoms with van der Waals surface area (Å²) in [4.78, 5) is 51.6. The zero-order chi connectivity index (χ0) is 26.2. The van der Waals surface area contributed by atoms with Crippen LogP contribution in [-0.2, 0) is 19.2 Å². The van der Waals surface area contributed by atoms with Crippen LogP contribution in [0.2, 0.25) is 0 Å². The smallest absolute Gasteiger partial charge is 0.320 e. The summed E-state index contributed by atoms with van der Waals surface area (Å²) >= 11 is 1.30. The molecule has 14 nitrogen and oxygen atoms in total. The summed E-state index contributed by atoms with van der Waals surface area (Å²) in [6, 6.07) is -0.971. The van der Waals surface area contributed by atoms with Crippen molar-refractivity contribution in [1.82, 2.24) is 25.3 Å². The van der Waals surface area contributed by atoms with E-state index in [1.165, 1.54) is 11.8 Å². The van der Waals surface area contributed by atoms with Gasteiger partial charge in [0.15, 0.2) is 0 Å². The van der Waals surface area contributed by atoms with Crippen molar-refractivity contribution >= 4 is 35.6 Å². The number of rotatable bonds is 15. The van der Waals surface area contributed by atoms with Gasteiger partial charge in [-0.2, -0.15) is 5.11 Å². The van der Waals surface area contributed by atoms with Crippen molar-refractivity contribution in [1.29, 1.82) is 5.53 Å². The first-order chi connectivity index (χ1) is 16.7. The number of carboxylic acids is 3. The minimum absolute atomic E-state index is 0.0148. The first kappa shape index (κ1) is 30.3. The molecule has 0 radical (unpaired) electrons. The lowest BCUT2D eigenvalue weighted by Gasteiger charge is -2.30. The number of carbonyl (C=O) groups is 4. The molecule has 1 saturated heterocycles. The molecule has 1 aliphatic heterocycles. The second-order valence-corrected chi connectivity index (χ2v) is 8.70. The van der Waals surface area contributed by atoms with Crippen molar-refractivity contribution in [2.75, 3.05) is 71.7 Å². The fourth-order valence-corrected chi connectivity index (χ4v) is 3.85. The second kappa shape index (κ2) is 16.8. The lowest BCUT2D eigenvalue weighted by atomic mass is 10.1. The Balaban J connectivity index is 2.69. The van der Waals surface area contributed by atoms with Gasteiger partial charge < -0.3 is 26.0 Å². The highest BCUT2D eigenvalue weighted by Crippen LogP contribution is 2.11. The molecule has 0 aromatic rings. The number of carboxylic acid groups (broad SMARTS) is 3. The van der Waals surface area contributed by atoms with Gasteiger partial charge in [-0.25, -0.2) is 5.53 Å². The van der Waals surface area contributed by atoms with Crippen LogP contribution in [-0.4, -0.2) is 132 Å². The van der Waals surface area contributed by atoms with E-state index in [1.807, 2.05) is 0 Å². The third-order valence-corrected chi connectivity index (χ3v) is 5.99. The van der Waals surface area contributed by atoms with Crippen LogP contribution in [0.4, 0.5) is 0 Å². The predicted molar refractivity (Wildman–Crippen MR) is 128 cm³/mol. The highest BCUT2D eigenvalue weighted by atomic mass is 32.2. The van der Waals surface area contributed by atoms with E-state index in [-0.39, 0.29) is 44.9 Å². The van der Waals surface area contributed by atoms with Gasteiger partial charge >= 0.3 is 17.9 Å². The van der Waals surface area contributed by atoms with Gasteiger partial charge in [-0.1, -0.05) is 0 Å². The summed E-state index contributed by atoms with van der Waals surface area (Å²) in [7, 11) is 0. The van der Waals surface area contributed by atoms with Crippen LogP contribution >= 0.6 is 11.8 Å². The Morgan fingerprint density at radius 2 is 1.51 bits per heavy atom. The van der Waals surface area contributed by atoms with E-state index in [4.69, 9.17) is 15.7 Å². The van der Waals surface area contributed by atoms with Crippen molar-refractivity contribution < 1.29 is 34.5 Å². The second-order valence-electron chi connectivity index (χ2n) is 7.87. The summed E-state index contributed by atoms with van der Waals surface area (Å²) in [5.41, 5.74) is 6.96. The number of nitrogens with one attached hydrogen (secondary N) is 3. The Morgan fingerprint density at radius 1 is 0.971 bits per heavy atom. The van der Waals surface area contributed by atoms with Gasteiger partial charge in [0.05, 0.1) is 13.1 Å². The van der Waals surface area contributed by atoms with Crippen molar-refractivity contribution in [2.24, 2.45) is 5.11 Å². The zero-order valence-electron chi connectivity index (χ0n) is 19.8. The molecule has 198 valence electrons. The average Bonchev–Trinajstić information content (AvgIpc) is 2.87. The summed E-state index contributed by atoms with van der Waals surface area (Å²) in [5, 5.41) is 37.5. The van der Waals surface area contributed by atoms with Gasteiger partial charge in [-0.15, -0.1) is 11.8 Å². The van der Waals surface area contributed by atoms with E-state index in [1.54, 1.807) is 27.2 Å². The lowest BCUT2D eigenvalue weighted by molar-refractivity contribution is -0.144. The van der Waals surface area contributed by atoms with Crippen LogP contribution in [0.1, 0.15) is 12.8 Å². The summed E-state index contributed by atoms with van der Waals surface area (Å²) in [6.45, 7) is 2.15. The number of amides is 1. The first-order valence-electron chi connectivity index (χ1n) is 11.1. The van der Waals surface area contributed by atoms with E-state index >= 15 is 0 Å². The normalized spacial score (nSPS) is 17.5. The van der Waals surface area contributed by atoms with Crippen molar-refractivity contribution in [2.45, 2.75) is 18.9 Å². The van der Waals surface area contributed by atoms with E-state index in [0.717, 1.165) is 0 Å². The van der Waals surface area contributed by atoms with Crippen molar-refractivity contribution in [3.8, 4) is 0 Å². The molecular formula is C20H35N7O7S. The van der Waals surface area contributed by atoms with Crippen LogP contribution in [0.5, 0.6) is 0 Å². The SMILES string of the molecule is CS/C(=C/NCCNC(=O)CCC(C(=O)O)N1CCN(CC(=O)O)CCN(CC(=O)O)CC1)N=N. The first-order valence-corrected chi connectivity index (χ1v) is 12.4. The third kappa shape index (κ3) is 13.1. The minimum Gasteiger partial charge on any atom is -0.480 e. The fraction of sp³-hybridized carbons (Fsp3) is 0.700. The average molecular weight is 518 g/mol. The van der Waals surface area contributed by atoms with Crippen molar-refractivity contribution in [3.63, 3.8) is 0 Å². The maximum atomic E-state index is 12.2. The predicted octanol–water partition coefficient (Wildman–Crippen LogP) is -0.793. The number of carbonyl (C=O) groups excluding carboxylic acids is 1. The Kier molecular flexibility index (Phi) is 14.5. The maximum Gasteiger partial charge on any atom is 0.320 e. The molecule has 0 bridgehead atoms. The summed E-state index contributed by atoms with van der Waals surface area (Å²) in [6.07, 6.45) is 3.39. The zero-order valence-corrected chi connectivity index (χ0v) is 20.6.